The van der Waals surface area contributed by atoms with Crippen molar-refractivity contribution in [2.45, 2.75) is 38.1 Å². The summed E-state index contributed by atoms with van der Waals surface area (Å²) in [6.07, 6.45) is 1.11. The lowest BCUT2D eigenvalue weighted by molar-refractivity contribution is -0.139. The van der Waals surface area contributed by atoms with Gasteiger partial charge in [-0.3, -0.25) is 9.59 Å². The Hall–Kier alpha value is -2.54. The summed E-state index contributed by atoms with van der Waals surface area (Å²) in [6.45, 7) is 2.55. The maximum Gasteiger partial charge on any atom is 0.243 e. The first-order valence-electron chi connectivity index (χ1n) is 11.8. The zero-order valence-electron chi connectivity index (χ0n) is 20.1. The zero-order chi connectivity index (χ0) is 25.9. The first-order valence-corrected chi connectivity index (χ1v) is 13.7. The maximum absolute atomic E-state index is 14.1. The largest absolute Gasteiger partial charge is 0.354 e. The number of nitrogens with zero attached hydrogens (tertiary/aromatic N) is 1. The van der Waals surface area contributed by atoms with Gasteiger partial charge < -0.3 is 10.2 Å². The van der Waals surface area contributed by atoms with E-state index in [4.69, 9.17) is 23.2 Å². The third-order valence-electron chi connectivity index (χ3n) is 5.65. The maximum atomic E-state index is 14.1. The van der Waals surface area contributed by atoms with E-state index in [0.717, 1.165) is 12.0 Å². The Kier molecular flexibility index (Phi) is 11.1. The monoisotopic (exact) mass is 546 g/mol. The van der Waals surface area contributed by atoms with Crippen molar-refractivity contribution >= 4 is 46.8 Å². The Balaban J connectivity index is 1.89. The molecule has 190 valence electrons. The van der Waals surface area contributed by atoms with Gasteiger partial charge in [0.25, 0.3) is 0 Å². The van der Waals surface area contributed by atoms with Crippen molar-refractivity contribution in [2.24, 2.45) is 0 Å². The van der Waals surface area contributed by atoms with Gasteiger partial charge in [0.15, 0.2) is 0 Å². The van der Waals surface area contributed by atoms with Gasteiger partial charge in [-0.15, -0.1) is 11.8 Å². The van der Waals surface area contributed by atoms with Gasteiger partial charge in [-0.05, 0) is 35.7 Å². The van der Waals surface area contributed by atoms with E-state index in [2.05, 4.69) is 5.32 Å². The molecule has 1 atom stereocenters. The number of rotatable bonds is 12. The predicted molar refractivity (Wildman–Crippen MR) is 147 cm³/mol. The first kappa shape index (κ1) is 28.0. The Morgan fingerprint density at radius 1 is 0.972 bits per heavy atom. The molecular formula is C28H29Cl2FN2O2S. The van der Waals surface area contributed by atoms with Crippen LogP contribution >= 0.6 is 35.0 Å². The molecule has 8 heteroatoms. The summed E-state index contributed by atoms with van der Waals surface area (Å²) in [4.78, 5) is 28.5. The van der Waals surface area contributed by atoms with E-state index in [1.165, 1.54) is 17.8 Å². The van der Waals surface area contributed by atoms with Crippen molar-refractivity contribution in [1.82, 2.24) is 10.2 Å². The molecule has 0 fully saturated rings. The molecule has 2 amide bonds. The van der Waals surface area contributed by atoms with Gasteiger partial charge in [0.2, 0.25) is 11.8 Å². The second-order valence-electron chi connectivity index (χ2n) is 8.30. The van der Waals surface area contributed by atoms with Crippen molar-refractivity contribution in [2.75, 3.05) is 12.3 Å². The average molecular weight is 548 g/mol. The second kappa shape index (κ2) is 14.3. The number of nitrogens with one attached hydrogen (secondary N) is 1. The van der Waals surface area contributed by atoms with Gasteiger partial charge in [-0.1, -0.05) is 84.7 Å². The van der Waals surface area contributed by atoms with Crippen LogP contribution in [-0.4, -0.2) is 35.1 Å². The van der Waals surface area contributed by atoms with Gasteiger partial charge >= 0.3 is 0 Å². The molecule has 0 saturated carbocycles. The van der Waals surface area contributed by atoms with Crippen LogP contribution in [0.3, 0.4) is 0 Å². The quantitative estimate of drug-likeness (QED) is 0.281. The van der Waals surface area contributed by atoms with Crippen molar-refractivity contribution in [3.8, 4) is 0 Å². The molecular weight excluding hydrogens is 518 g/mol. The molecule has 3 rings (SSSR count). The molecule has 0 aromatic heterocycles. The van der Waals surface area contributed by atoms with Crippen molar-refractivity contribution in [3.05, 3.63) is 105 Å². The molecule has 0 heterocycles. The highest BCUT2D eigenvalue weighted by Gasteiger charge is 2.31. The molecule has 0 radical (unpaired) electrons. The summed E-state index contributed by atoms with van der Waals surface area (Å²) in [5, 5.41) is 3.78. The summed E-state index contributed by atoms with van der Waals surface area (Å²) >= 11 is 14.2. The van der Waals surface area contributed by atoms with Crippen LogP contribution in [0.25, 0.3) is 0 Å². The number of halogens is 3. The molecule has 0 unspecified atom stereocenters. The zero-order valence-corrected chi connectivity index (χ0v) is 22.4. The average Bonchev–Trinajstić information content (AvgIpc) is 2.88. The number of thioether (sulfide) groups is 1. The fourth-order valence-electron chi connectivity index (χ4n) is 3.72. The van der Waals surface area contributed by atoms with E-state index in [9.17, 15) is 14.0 Å². The lowest BCUT2D eigenvalue weighted by Gasteiger charge is -2.32. The molecule has 0 spiro atoms. The molecule has 36 heavy (non-hydrogen) atoms. The van der Waals surface area contributed by atoms with E-state index in [1.54, 1.807) is 41.3 Å². The van der Waals surface area contributed by atoms with Crippen molar-refractivity contribution in [1.29, 1.82) is 0 Å². The van der Waals surface area contributed by atoms with Gasteiger partial charge in [0, 0.05) is 40.9 Å². The molecule has 4 nitrogen and oxygen atoms in total. The first-order chi connectivity index (χ1) is 17.4. The molecule has 3 aromatic carbocycles. The predicted octanol–water partition coefficient (Wildman–Crippen LogP) is 6.53. The van der Waals surface area contributed by atoms with Crippen molar-refractivity contribution in [3.63, 3.8) is 0 Å². The minimum atomic E-state index is -0.771. The molecule has 0 aliphatic heterocycles. The number of carbonyl (C=O) groups is 2. The normalized spacial score (nSPS) is 11.7. The van der Waals surface area contributed by atoms with Crippen LogP contribution in [0.2, 0.25) is 10.0 Å². The standard InChI is InChI=1S/C28H29Cl2FN2O2S/c1-2-15-32-28(35)26(16-20-9-4-3-5-10-20)33(17-22-23(29)12-8-13-24(22)30)27(34)19-36-18-21-11-6-7-14-25(21)31/h3-14,26H,2,15-19H2,1H3,(H,32,35)/t26-/m1/s1. The van der Waals surface area contributed by atoms with E-state index >= 15 is 0 Å². The van der Waals surface area contributed by atoms with Crippen LogP contribution < -0.4 is 5.32 Å². The number of carbonyl (C=O) groups excluding carboxylic acids is 2. The Bertz CT molecular complexity index is 1140. The van der Waals surface area contributed by atoms with Crippen LogP contribution in [0, 0.1) is 5.82 Å². The number of hydrogen-bond donors (Lipinski definition) is 1. The fraction of sp³-hybridized carbons (Fsp3) is 0.286. The van der Waals surface area contributed by atoms with Gasteiger partial charge in [-0.2, -0.15) is 0 Å². The van der Waals surface area contributed by atoms with Gasteiger partial charge in [-0.25, -0.2) is 4.39 Å². The molecule has 0 saturated heterocycles. The van der Waals surface area contributed by atoms with Crippen LogP contribution in [0.1, 0.15) is 30.0 Å². The topological polar surface area (TPSA) is 49.4 Å². The Morgan fingerprint density at radius 2 is 1.64 bits per heavy atom. The van der Waals surface area contributed by atoms with E-state index in [-0.39, 0.29) is 29.9 Å². The summed E-state index contributed by atoms with van der Waals surface area (Å²) in [5.41, 5.74) is 2.03. The van der Waals surface area contributed by atoms with Crippen molar-refractivity contribution < 1.29 is 14.0 Å². The molecule has 0 bridgehead atoms. The Labute approximate surface area is 226 Å². The highest BCUT2D eigenvalue weighted by Crippen LogP contribution is 2.28. The number of benzene rings is 3. The van der Waals surface area contributed by atoms with Crippen LogP contribution in [0.15, 0.2) is 72.8 Å². The number of amides is 2. The lowest BCUT2D eigenvalue weighted by atomic mass is 10.0. The van der Waals surface area contributed by atoms with Gasteiger partial charge in [0.1, 0.15) is 11.9 Å². The van der Waals surface area contributed by atoms with Gasteiger partial charge in [0.05, 0.1) is 5.75 Å². The minimum Gasteiger partial charge on any atom is -0.354 e. The molecule has 3 aromatic rings. The molecule has 0 aliphatic carbocycles. The lowest BCUT2D eigenvalue weighted by Crippen LogP contribution is -2.51. The summed E-state index contributed by atoms with van der Waals surface area (Å²) in [6, 6.07) is 20.4. The van der Waals surface area contributed by atoms with E-state index < -0.39 is 6.04 Å². The smallest absolute Gasteiger partial charge is 0.243 e. The fourth-order valence-corrected chi connectivity index (χ4v) is 5.13. The van der Waals surface area contributed by atoms with E-state index in [0.29, 0.717) is 39.9 Å². The summed E-state index contributed by atoms with van der Waals surface area (Å²) in [7, 11) is 0. The highest BCUT2D eigenvalue weighted by molar-refractivity contribution is 7.99. The highest BCUT2D eigenvalue weighted by atomic mass is 35.5. The van der Waals surface area contributed by atoms with E-state index in [1.807, 2.05) is 37.3 Å². The Morgan fingerprint density at radius 3 is 2.31 bits per heavy atom. The molecule has 0 aliphatic rings. The number of hydrogen-bond acceptors (Lipinski definition) is 3. The minimum absolute atomic E-state index is 0.0722. The SMILES string of the molecule is CCCNC(=O)[C@@H](Cc1ccccc1)N(Cc1c(Cl)cccc1Cl)C(=O)CSCc1ccccc1F. The second-order valence-corrected chi connectivity index (χ2v) is 10.1. The van der Waals surface area contributed by atoms with Crippen LogP contribution in [0.5, 0.6) is 0 Å². The summed E-state index contributed by atoms with van der Waals surface area (Å²) in [5.74, 6) is -0.387. The van der Waals surface area contributed by atoms with Crippen LogP contribution in [0.4, 0.5) is 4.39 Å². The third kappa shape index (κ3) is 7.99. The molecule has 1 N–H and O–H groups in total. The third-order valence-corrected chi connectivity index (χ3v) is 7.33. The summed E-state index contributed by atoms with van der Waals surface area (Å²) < 4.78 is 14.1. The van der Waals surface area contributed by atoms with Crippen LogP contribution in [-0.2, 0) is 28.3 Å².